The SMILES string of the molecule is CCN(CC)CCN(CC)Cc1cc(O)cc2c1OC1(C=C2)N(CCOCCN2c3ccccc3C(C)(C)C23C=Cc2cc(O)cc(CN(CC)CCN(CC)CC)c2O3)c2ccccc2C1(C)C. The molecule has 0 fully saturated rings. The molecule has 2 unspecified atom stereocenters. The molecule has 0 amide bonds. The molecule has 0 aliphatic carbocycles. The summed E-state index contributed by atoms with van der Waals surface area (Å²) in [7, 11) is 0. The highest BCUT2D eigenvalue weighted by Gasteiger charge is 2.60. The van der Waals surface area contributed by atoms with Crippen LogP contribution in [0.4, 0.5) is 11.4 Å². The molecular weight excluding hydrogens is 861 g/mol. The zero-order chi connectivity index (χ0) is 49.1. The van der Waals surface area contributed by atoms with Crippen molar-refractivity contribution in [1.82, 2.24) is 19.6 Å². The maximum Gasteiger partial charge on any atom is 0.212 e. The Labute approximate surface area is 413 Å². The topological polar surface area (TPSA) is 87.6 Å². The van der Waals surface area contributed by atoms with E-state index in [2.05, 4.69) is 171 Å². The lowest BCUT2D eigenvalue weighted by atomic mass is 9.76. The van der Waals surface area contributed by atoms with Crippen molar-refractivity contribution in [3.63, 3.8) is 0 Å². The van der Waals surface area contributed by atoms with Crippen molar-refractivity contribution in [3.05, 3.63) is 118 Å². The standard InChI is InChI=1S/C58H80N6O5/c1-11-59(12-2)29-31-61(15-5)41-45-39-47(65)37-43-25-27-57(68-53(43)45)55(7,8)49-21-17-19-23-51(49)63(57)33-35-67-36-34-64-52-24-20-18-22-50(52)56(9,10)58(64)28-26-44-38-48(66)40-46(54(44)69-58)42-62(16-6)32-30-60(13-3)14-4/h17-28,37-40,65-66H,11-16,29-36,41-42H2,1-10H3. The lowest BCUT2D eigenvalue weighted by molar-refractivity contribution is 0.0367. The van der Waals surface area contributed by atoms with Gasteiger partial charge >= 0.3 is 0 Å². The molecule has 2 spiro atoms. The van der Waals surface area contributed by atoms with E-state index in [0.717, 1.165) is 111 Å². The second-order valence-electron chi connectivity index (χ2n) is 20.3. The predicted molar refractivity (Wildman–Crippen MR) is 283 cm³/mol. The molecule has 11 heteroatoms. The number of ether oxygens (including phenoxy) is 3. The molecule has 4 aliphatic rings. The number of aromatic hydroxyl groups is 2. The van der Waals surface area contributed by atoms with Crippen molar-refractivity contribution in [2.24, 2.45) is 0 Å². The highest BCUT2D eigenvalue weighted by atomic mass is 16.5. The number of phenols is 2. The molecule has 4 aromatic carbocycles. The predicted octanol–water partition coefficient (Wildman–Crippen LogP) is 9.94. The molecule has 0 bridgehead atoms. The van der Waals surface area contributed by atoms with E-state index < -0.39 is 22.3 Å². The van der Waals surface area contributed by atoms with Crippen LogP contribution >= 0.6 is 0 Å². The summed E-state index contributed by atoms with van der Waals surface area (Å²) in [6, 6.07) is 24.8. The van der Waals surface area contributed by atoms with Crippen LogP contribution in [-0.2, 0) is 28.7 Å². The molecule has 8 rings (SSSR count). The highest BCUT2D eigenvalue weighted by molar-refractivity contribution is 5.75. The first kappa shape index (κ1) is 50.4. The normalized spacial score (nSPS) is 20.3. The number of benzene rings is 4. The molecule has 4 aliphatic heterocycles. The van der Waals surface area contributed by atoms with E-state index in [0.29, 0.717) is 39.4 Å². The van der Waals surface area contributed by atoms with Gasteiger partial charge in [-0.15, -0.1) is 0 Å². The van der Waals surface area contributed by atoms with Crippen molar-refractivity contribution >= 4 is 23.5 Å². The van der Waals surface area contributed by atoms with Crippen molar-refractivity contribution < 1.29 is 24.4 Å². The summed E-state index contributed by atoms with van der Waals surface area (Å²) < 4.78 is 21.7. The summed E-state index contributed by atoms with van der Waals surface area (Å²) in [6.45, 7) is 35.7. The van der Waals surface area contributed by atoms with Gasteiger partial charge in [0.05, 0.1) is 24.0 Å². The van der Waals surface area contributed by atoms with Crippen LogP contribution in [0.15, 0.2) is 84.9 Å². The van der Waals surface area contributed by atoms with Crippen LogP contribution in [0, 0.1) is 0 Å². The van der Waals surface area contributed by atoms with Gasteiger partial charge in [0.2, 0.25) is 11.4 Å². The Morgan fingerprint density at radius 2 is 0.870 bits per heavy atom. The smallest absolute Gasteiger partial charge is 0.212 e. The van der Waals surface area contributed by atoms with Gasteiger partial charge < -0.3 is 44.0 Å². The van der Waals surface area contributed by atoms with Crippen molar-refractivity contribution in [3.8, 4) is 23.0 Å². The molecule has 372 valence electrons. The fourth-order valence-corrected chi connectivity index (χ4v) is 11.6. The van der Waals surface area contributed by atoms with Crippen LogP contribution in [0.2, 0.25) is 0 Å². The van der Waals surface area contributed by atoms with Gasteiger partial charge in [-0.25, -0.2) is 0 Å². The van der Waals surface area contributed by atoms with E-state index in [9.17, 15) is 10.2 Å². The molecule has 4 aromatic rings. The zero-order valence-electron chi connectivity index (χ0n) is 43.4. The average molecular weight is 941 g/mol. The number of rotatable bonds is 22. The van der Waals surface area contributed by atoms with E-state index >= 15 is 0 Å². The number of likely N-dealkylation sites (N-methyl/N-ethyl adjacent to an activating group) is 4. The summed E-state index contributed by atoms with van der Waals surface area (Å²) in [5.41, 5.74) is 5.98. The Kier molecular flexibility index (Phi) is 15.1. The van der Waals surface area contributed by atoms with Crippen molar-refractivity contribution in [1.29, 1.82) is 0 Å². The van der Waals surface area contributed by atoms with Gasteiger partial charge in [-0.1, -0.05) is 77.9 Å². The number of para-hydroxylation sites is 2. The third kappa shape index (κ3) is 9.26. The minimum Gasteiger partial charge on any atom is -0.508 e. The molecule has 11 nitrogen and oxygen atoms in total. The highest BCUT2D eigenvalue weighted by Crippen LogP contribution is 2.57. The number of anilines is 2. The number of phenolic OH excluding ortho intramolecular Hbond substituents is 2. The molecule has 0 saturated heterocycles. The minimum absolute atomic E-state index is 0.250. The van der Waals surface area contributed by atoms with Crippen LogP contribution in [0.3, 0.4) is 0 Å². The molecule has 0 saturated carbocycles. The quantitative estimate of drug-likeness (QED) is 0.0739. The van der Waals surface area contributed by atoms with E-state index in [-0.39, 0.29) is 11.5 Å². The van der Waals surface area contributed by atoms with Crippen molar-refractivity contribution in [2.75, 3.05) is 102 Å². The molecule has 4 heterocycles. The number of hydrogen-bond acceptors (Lipinski definition) is 11. The third-order valence-electron chi connectivity index (χ3n) is 16.0. The number of fused-ring (bicyclic) bond motifs is 4. The van der Waals surface area contributed by atoms with Gasteiger partial charge in [0, 0.05) is 86.0 Å². The van der Waals surface area contributed by atoms with E-state index in [4.69, 9.17) is 14.2 Å². The van der Waals surface area contributed by atoms with Crippen LogP contribution in [0.5, 0.6) is 23.0 Å². The maximum absolute atomic E-state index is 11.0. The molecule has 0 aromatic heterocycles. The summed E-state index contributed by atoms with van der Waals surface area (Å²) >= 11 is 0. The monoisotopic (exact) mass is 941 g/mol. The van der Waals surface area contributed by atoms with Gasteiger partial charge in [-0.05, 0) is 139 Å². The van der Waals surface area contributed by atoms with Crippen LogP contribution < -0.4 is 19.3 Å². The van der Waals surface area contributed by atoms with Crippen LogP contribution in [0.1, 0.15) is 103 Å². The van der Waals surface area contributed by atoms with Gasteiger partial charge in [-0.2, -0.15) is 0 Å². The molecular formula is C58H80N6O5. The Morgan fingerprint density at radius 1 is 0.507 bits per heavy atom. The van der Waals surface area contributed by atoms with Gasteiger partial charge in [0.25, 0.3) is 0 Å². The maximum atomic E-state index is 11.0. The second-order valence-corrected chi connectivity index (χ2v) is 20.3. The Balaban J connectivity index is 1.03. The molecule has 2 atom stereocenters. The summed E-state index contributed by atoms with van der Waals surface area (Å²) in [4.78, 5) is 14.6. The lowest BCUT2D eigenvalue weighted by Gasteiger charge is -2.48. The summed E-state index contributed by atoms with van der Waals surface area (Å²) in [5, 5.41) is 22.0. The second kappa shape index (κ2) is 20.7. The fraction of sp³-hybridized carbons (Fsp3) is 0.517. The average Bonchev–Trinajstić information content (AvgIpc) is 3.64. The molecule has 0 radical (unpaired) electrons. The molecule has 2 N–H and O–H groups in total. The van der Waals surface area contributed by atoms with Crippen LogP contribution in [-0.4, -0.2) is 133 Å². The Hall–Kier alpha value is -5.04. The van der Waals surface area contributed by atoms with Gasteiger partial charge in [0.15, 0.2) is 0 Å². The zero-order valence-corrected chi connectivity index (χ0v) is 43.4. The first-order valence-electron chi connectivity index (χ1n) is 25.9. The Bertz CT molecular complexity index is 2310. The lowest BCUT2D eigenvalue weighted by Crippen LogP contribution is -2.60. The Morgan fingerprint density at radius 3 is 1.25 bits per heavy atom. The van der Waals surface area contributed by atoms with E-state index in [1.807, 2.05) is 24.3 Å². The largest absolute Gasteiger partial charge is 0.508 e. The van der Waals surface area contributed by atoms with E-state index in [1.165, 1.54) is 11.1 Å². The van der Waals surface area contributed by atoms with Crippen LogP contribution in [0.25, 0.3) is 12.2 Å². The number of hydrogen-bond donors (Lipinski definition) is 2. The van der Waals surface area contributed by atoms with Gasteiger partial charge in [-0.3, -0.25) is 9.80 Å². The van der Waals surface area contributed by atoms with E-state index in [1.54, 1.807) is 0 Å². The molecule has 69 heavy (non-hydrogen) atoms. The minimum atomic E-state index is -0.835. The van der Waals surface area contributed by atoms with Crippen molar-refractivity contribution in [2.45, 2.75) is 105 Å². The van der Waals surface area contributed by atoms with Gasteiger partial charge in [0.1, 0.15) is 23.0 Å². The first-order chi connectivity index (χ1) is 33.2. The number of nitrogens with zero attached hydrogens (tertiary/aromatic N) is 6. The summed E-state index contributed by atoms with van der Waals surface area (Å²) in [6.07, 6.45) is 8.70. The first-order valence-corrected chi connectivity index (χ1v) is 25.9. The third-order valence-corrected chi connectivity index (χ3v) is 16.0. The summed E-state index contributed by atoms with van der Waals surface area (Å²) in [5.74, 6) is 2.15. The fourth-order valence-electron chi connectivity index (χ4n) is 11.6.